The zero-order valence-electron chi connectivity index (χ0n) is 14.6. The molecule has 1 fully saturated rings. The number of anilines is 2. The second-order valence-corrected chi connectivity index (χ2v) is 8.41. The summed E-state index contributed by atoms with van der Waals surface area (Å²) < 4.78 is 0. The standard InChI is InChI=1S/C19H25N3OS/c1-19(2,3)12-17(23)20-15-8-6-7-14(11-15)16-13-24-18(21-16)22-9-4-5-10-22/h6-8,11,13H,4-5,9-10,12H2,1-3H3,(H,20,23). The Balaban J connectivity index is 1.72. The second-order valence-electron chi connectivity index (χ2n) is 7.58. The number of thiazole rings is 1. The van der Waals surface area contributed by atoms with Crippen LogP contribution in [0, 0.1) is 5.41 Å². The molecule has 1 aliphatic rings. The van der Waals surface area contributed by atoms with Crippen molar-refractivity contribution in [2.45, 2.75) is 40.0 Å². The molecule has 0 atom stereocenters. The van der Waals surface area contributed by atoms with Crippen LogP contribution in [-0.2, 0) is 4.79 Å². The highest BCUT2D eigenvalue weighted by Crippen LogP contribution is 2.30. The summed E-state index contributed by atoms with van der Waals surface area (Å²) in [6.45, 7) is 8.42. The van der Waals surface area contributed by atoms with E-state index in [0.29, 0.717) is 6.42 Å². The van der Waals surface area contributed by atoms with E-state index in [4.69, 9.17) is 4.98 Å². The summed E-state index contributed by atoms with van der Waals surface area (Å²) in [6.07, 6.45) is 3.02. The van der Waals surface area contributed by atoms with Gasteiger partial charge >= 0.3 is 0 Å². The Bertz CT molecular complexity index is 711. The smallest absolute Gasteiger partial charge is 0.224 e. The summed E-state index contributed by atoms with van der Waals surface area (Å²) in [5.41, 5.74) is 2.85. The molecule has 1 aliphatic heterocycles. The van der Waals surface area contributed by atoms with Crippen LogP contribution in [0.3, 0.4) is 0 Å². The fraction of sp³-hybridized carbons (Fsp3) is 0.474. The van der Waals surface area contributed by atoms with Crippen molar-refractivity contribution >= 4 is 28.1 Å². The zero-order chi connectivity index (χ0) is 17.2. The van der Waals surface area contributed by atoms with Crippen molar-refractivity contribution in [1.82, 2.24) is 4.98 Å². The first-order chi connectivity index (χ1) is 11.4. The molecule has 2 aromatic rings. The van der Waals surface area contributed by atoms with E-state index in [2.05, 4.69) is 36.4 Å². The maximum absolute atomic E-state index is 12.1. The van der Waals surface area contributed by atoms with Crippen molar-refractivity contribution in [2.75, 3.05) is 23.3 Å². The van der Waals surface area contributed by atoms with Crippen molar-refractivity contribution in [3.05, 3.63) is 29.6 Å². The number of carbonyl (C=O) groups is 1. The molecule has 0 unspecified atom stereocenters. The van der Waals surface area contributed by atoms with E-state index >= 15 is 0 Å². The van der Waals surface area contributed by atoms with Crippen molar-refractivity contribution in [3.63, 3.8) is 0 Å². The van der Waals surface area contributed by atoms with Gasteiger partial charge in [-0.15, -0.1) is 11.3 Å². The van der Waals surface area contributed by atoms with Gasteiger partial charge in [-0.1, -0.05) is 32.9 Å². The van der Waals surface area contributed by atoms with Crippen LogP contribution in [0.5, 0.6) is 0 Å². The lowest BCUT2D eigenvalue weighted by atomic mass is 9.92. The molecule has 1 N–H and O–H groups in total. The molecule has 1 saturated heterocycles. The SMILES string of the molecule is CC(C)(C)CC(=O)Nc1cccc(-c2csc(N3CCCC3)n2)c1. The lowest BCUT2D eigenvalue weighted by molar-refractivity contribution is -0.117. The maximum Gasteiger partial charge on any atom is 0.224 e. The van der Waals surface area contributed by atoms with Crippen molar-refractivity contribution in [2.24, 2.45) is 5.41 Å². The van der Waals surface area contributed by atoms with E-state index in [1.807, 2.05) is 24.3 Å². The molecule has 128 valence electrons. The predicted octanol–water partition coefficient (Wildman–Crippen LogP) is 4.79. The molecule has 1 aromatic heterocycles. The molecule has 0 radical (unpaired) electrons. The largest absolute Gasteiger partial charge is 0.348 e. The number of aromatic nitrogens is 1. The molecule has 0 aliphatic carbocycles. The van der Waals surface area contributed by atoms with Gasteiger partial charge in [-0.2, -0.15) is 0 Å². The van der Waals surface area contributed by atoms with Crippen LogP contribution in [0.15, 0.2) is 29.6 Å². The van der Waals surface area contributed by atoms with Crippen molar-refractivity contribution in [3.8, 4) is 11.3 Å². The quantitative estimate of drug-likeness (QED) is 0.868. The van der Waals surface area contributed by atoms with Crippen LogP contribution < -0.4 is 10.2 Å². The molecule has 0 bridgehead atoms. The van der Waals surface area contributed by atoms with Crippen LogP contribution in [0.25, 0.3) is 11.3 Å². The van der Waals surface area contributed by atoms with Gasteiger partial charge in [0.15, 0.2) is 5.13 Å². The van der Waals surface area contributed by atoms with Crippen LogP contribution >= 0.6 is 11.3 Å². The average Bonchev–Trinajstić information content (AvgIpc) is 3.17. The van der Waals surface area contributed by atoms with Gasteiger partial charge in [-0.05, 0) is 30.4 Å². The van der Waals surface area contributed by atoms with E-state index in [9.17, 15) is 4.79 Å². The second kappa shape index (κ2) is 6.93. The highest BCUT2D eigenvalue weighted by Gasteiger charge is 2.17. The topological polar surface area (TPSA) is 45.2 Å². The van der Waals surface area contributed by atoms with Crippen LogP contribution in [0.1, 0.15) is 40.0 Å². The fourth-order valence-electron chi connectivity index (χ4n) is 2.89. The van der Waals surface area contributed by atoms with E-state index in [-0.39, 0.29) is 11.3 Å². The van der Waals surface area contributed by atoms with E-state index in [1.54, 1.807) is 11.3 Å². The minimum Gasteiger partial charge on any atom is -0.348 e. The first-order valence-electron chi connectivity index (χ1n) is 8.51. The Kier molecular flexibility index (Phi) is 4.90. The first-order valence-corrected chi connectivity index (χ1v) is 9.39. The minimum atomic E-state index is -0.0127. The average molecular weight is 343 g/mol. The van der Waals surface area contributed by atoms with Crippen molar-refractivity contribution in [1.29, 1.82) is 0 Å². The number of rotatable bonds is 4. The van der Waals surface area contributed by atoms with E-state index in [1.165, 1.54) is 12.8 Å². The minimum absolute atomic E-state index is 0.0127. The number of nitrogens with one attached hydrogen (secondary N) is 1. The summed E-state index contributed by atoms with van der Waals surface area (Å²) in [4.78, 5) is 19.2. The zero-order valence-corrected chi connectivity index (χ0v) is 15.4. The highest BCUT2D eigenvalue weighted by molar-refractivity contribution is 7.14. The lowest BCUT2D eigenvalue weighted by Gasteiger charge is -2.17. The predicted molar refractivity (Wildman–Crippen MR) is 102 cm³/mol. The third-order valence-electron chi connectivity index (χ3n) is 4.00. The molecule has 5 heteroatoms. The van der Waals surface area contributed by atoms with Gasteiger partial charge < -0.3 is 10.2 Å². The Morgan fingerprint density at radius 3 is 2.75 bits per heavy atom. The number of amides is 1. The number of benzene rings is 1. The summed E-state index contributed by atoms with van der Waals surface area (Å²) in [7, 11) is 0. The Morgan fingerprint density at radius 1 is 1.29 bits per heavy atom. The van der Waals surface area contributed by atoms with Gasteiger partial charge in [0, 0.05) is 36.1 Å². The van der Waals surface area contributed by atoms with E-state index in [0.717, 1.165) is 35.2 Å². The summed E-state index contributed by atoms with van der Waals surface area (Å²) in [6, 6.07) is 7.94. The molecule has 4 nitrogen and oxygen atoms in total. The molecule has 1 aromatic carbocycles. The Morgan fingerprint density at radius 2 is 2.04 bits per heavy atom. The van der Waals surface area contributed by atoms with Gasteiger partial charge in [0.1, 0.15) is 0 Å². The number of nitrogens with zero attached hydrogens (tertiary/aromatic N) is 2. The number of carbonyl (C=O) groups excluding carboxylic acids is 1. The molecular formula is C19H25N3OS. The van der Waals surface area contributed by atoms with Gasteiger partial charge in [0.05, 0.1) is 5.69 Å². The molecule has 24 heavy (non-hydrogen) atoms. The number of hydrogen-bond donors (Lipinski definition) is 1. The summed E-state index contributed by atoms with van der Waals surface area (Å²) in [5, 5.41) is 6.20. The normalized spacial score (nSPS) is 14.9. The third kappa shape index (κ3) is 4.35. The third-order valence-corrected chi connectivity index (χ3v) is 4.90. The Hall–Kier alpha value is -1.88. The van der Waals surface area contributed by atoms with Crippen LogP contribution in [0.4, 0.5) is 10.8 Å². The summed E-state index contributed by atoms with van der Waals surface area (Å²) in [5.74, 6) is 0.0516. The molecule has 1 amide bonds. The monoisotopic (exact) mass is 343 g/mol. The summed E-state index contributed by atoms with van der Waals surface area (Å²) >= 11 is 1.70. The lowest BCUT2D eigenvalue weighted by Crippen LogP contribution is -2.19. The first kappa shape index (κ1) is 17.0. The van der Waals surface area contributed by atoms with Gasteiger partial charge in [0.2, 0.25) is 5.91 Å². The van der Waals surface area contributed by atoms with Crippen LogP contribution in [-0.4, -0.2) is 24.0 Å². The molecule has 2 heterocycles. The maximum atomic E-state index is 12.1. The van der Waals surface area contributed by atoms with Gasteiger partial charge in [-0.3, -0.25) is 4.79 Å². The van der Waals surface area contributed by atoms with Gasteiger partial charge in [-0.25, -0.2) is 4.98 Å². The fourth-order valence-corrected chi connectivity index (χ4v) is 3.78. The number of hydrogen-bond acceptors (Lipinski definition) is 4. The van der Waals surface area contributed by atoms with Crippen molar-refractivity contribution < 1.29 is 4.79 Å². The van der Waals surface area contributed by atoms with Gasteiger partial charge in [0.25, 0.3) is 0 Å². The highest BCUT2D eigenvalue weighted by atomic mass is 32.1. The molecular weight excluding hydrogens is 318 g/mol. The van der Waals surface area contributed by atoms with Crippen LogP contribution in [0.2, 0.25) is 0 Å². The molecule has 3 rings (SSSR count). The van der Waals surface area contributed by atoms with E-state index < -0.39 is 0 Å². The Labute approximate surface area is 147 Å². The molecule has 0 saturated carbocycles. The molecule has 0 spiro atoms.